The normalized spacial score (nSPS) is 14.3. The first kappa shape index (κ1) is 23.9. The van der Waals surface area contributed by atoms with Crippen molar-refractivity contribution in [2.24, 2.45) is 5.73 Å². The van der Waals surface area contributed by atoms with Gasteiger partial charge in [0.25, 0.3) is 5.91 Å². The molecule has 0 aliphatic carbocycles. The fraction of sp³-hybridized carbons (Fsp3) is 0.286. The standard InChI is InChI=1S/C21H21ClF2N6O3S/c22-13-10-26-21(29-19(13)27-15-5-8-34-17(15)18(25)32)28-14-2-1-11(9-16(14)33-20(23)24)30-6-3-12(31)4-7-30/h1-2,5,8-10,12,20,31H,3-4,6-7H2,(H2,25,32)(H2,26,27,28,29). The molecule has 1 aliphatic heterocycles. The number of aliphatic hydroxyl groups is 1. The van der Waals surface area contributed by atoms with Crippen molar-refractivity contribution in [1.29, 1.82) is 0 Å². The highest BCUT2D eigenvalue weighted by molar-refractivity contribution is 7.12. The molecule has 1 aliphatic rings. The van der Waals surface area contributed by atoms with Gasteiger partial charge in [0.1, 0.15) is 9.90 Å². The van der Waals surface area contributed by atoms with Crippen molar-refractivity contribution in [3.63, 3.8) is 0 Å². The molecular formula is C21H21ClF2N6O3S. The average Bonchev–Trinajstić information content (AvgIpc) is 3.26. The van der Waals surface area contributed by atoms with Gasteiger partial charge in [-0.05, 0) is 36.4 Å². The zero-order valence-corrected chi connectivity index (χ0v) is 19.2. The number of halogens is 3. The maximum atomic E-state index is 13.1. The van der Waals surface area contributed by atoms with Gasteiger partial charge in [0.05, 0.1) is 23.7 Å². The summed E-state index contributed by atoms with van der Waals surface area (Å²) in [6.07, 6.45) is 2.17. The highest BCUT2D eigenvalue weighted by atomic mass is 35.5. The number of amides is 1. The topological polar surface area (TPSA) is 126 Å². The number of hydrogen-bond acceptors (Lipinski definition) is 9. The second kappa shape index (κ2) is 10.4. The van der Waals surface area contributed by atoms with E-state index >= 15 is 0 Å². The second-order valence-electron chi connectivity index (χ2n) is 7.44. The SMILES string of the molecule is NC(=O)c1sccc1Nc1nc(Nc2ccc(N3CCC(O)CC3)cc2OC(F)F)ncc1Cl. The third-order valence-corrected chi connectivity index (χ3v) is 6.35. The Kier molecular flexibility index (Phi) is 7.29. The first-order valence-corrected chi connectivity index (χ1v) is 11.5. The van der Waals surface area contributed by atoms with Crippen molar-refractivity contribution in [3.8, 4) is 5.75 Å². The molecule has 0 bridgehead atoms. The van der Waals surface area contributed by atoms with Crippen molar-refractivity contribution in [2.45, 2.75) is 25.6 Å². The van der Waals surface area contributed by atoms with E-state index in [-0.39, 0.29) is 34.3 Å². The van der Waals surface area contributed by atoms with E-state index in [0.29, 0.717) is 42.2 Å². The van der Waals surface area contributed by atoms with Crippen LogP contribution in [0.15, 0.2) is 35.8 Å². The number of aliphatic hydroxyl groups excluding tert-OH is 1. The molecule has 1 amide bonds. The van der Waals surface area contributed by atoms with Crippen LogP contribution in [0.3, 0.4) is 0 Å². The Labute approximate surface area is 202 Å². The lowest BCUT2D eigenvalue weighted by Crippen LogP contribution is -2.35. The van der Waals surface area contributed by atoms with Crippen LogP contribution in [0.5, 0.6) is 5.75 Å². The van der Waals surface area contributed by atoms with Gasteiger partial charge in [-0.15, -0.1) is 11.3 Å². The number of benzene rings is 1. The molecule has 3 heterocycles. The Bertz CT molecular complexity index is 1170. The Morgan fingerprint density at radius 1 is 1.26 bits per heavy atom. The van der Waals surface area contributed by atoms with Crippen LogP contribution >= 0.6 is 22.9 Å². The summed E-state index contributed by atoms with van der Waals surface area (Å²) in [4.78, 5) is 22.3. The number of hydrogen-bond donors (Lipinski definition) is 4. The zero-order valence-electron chi connectivity index (χ0n) is 17.7. The second-order valence-corrected chi connectivity index (χ2v) is 8.77. The Morgan fingerprint density at radius 3 is 2.74 bits per heavy atom. The van der Waals surface area contributed by atoms with E-state index in [1.807, 2.05) is 4.90 Å². The van der Waals surface area contributed by atoms with Gasteiger partial charge >= 0.3 is 6.61 Å². The van der Waals surface area contributed by atoms with Crippen LogP contribution in [0.4, 0.5) is 37.6 Å². The van der Waals surface area contributed by atoms with E-state index in [2.05, 4.69) is 20.6 Å². The molecule has 4 rings (SSSR count). The molecule has 0 unspecified atom stereocenters. The number of alkyl halides is 2. The lowest BCUT2D eigenvalue weighted by Gasteiger charge is -2.31. The number of anilines is 5. The Balaban J connectivity index is 1.58. The number of rotatable bonds is 8. The molecule has 0 spiro atoms. The minimum absolute atomic E-state index is 0.0655. The number of carbonyl (C=O) groups excluding carboxylic acids is 1. The number of nitrogens with two attached hydrogens (primary N) is 1. The molecule has 1 fully saturated rings. The molecule has 34 heavy (non-hydrogen) atoms. The summed E-state index contributed by atoms with van der Waals surface area (Å²) < 4.78 is 30.9. The van der Waals surface area contributed by atoms with Gasteiger partial charge in [0.15, 0.2) is 11.6 Å². The van der Waals surface area contributed by atoms with Crippen LogP contribution in [0.2, 0.25) is 5.02 Å². The van der Waals surface area contributed by atoms with Gasteiger partial charge in [0, 0.05) is 24.8 Å². The maximum absolute atomic E-state index is 13.1. The summed E-state index contributed by atoms with van der Waals surface area (Å²) in [5.41, 5.74) is 6.73. The minimum atomic E-state index is -3.03. The predicted octanol–water partition coefficient (Wildman–Crippen LogP) is 4.34. The first-order chi connectivity index (χ1) is 16.3. The molecule has 13 heteroatoms. The van der Waals surface area contributed by atoms with Crippen LogP contribution in [0.1, 0.15) is 22.5 Å². The smallest absolute Gasteiger partial charge is 0.387 e. The summed E-state index contributed by atoms with van der Waals surface area (Å²) in [5, 5.41) is 17.4. The molecule has 1 saturated heterocycles. The van der Waals surface area contributed by atoms with Crippen LogP contribution in [0, 0.1) is 0 Å². The van der Waals surface area contributed by atoms with Crippen LogP contribution in [-0.4, -0.2) is 46.8 Å². The number of ether oxygens (including phenoxy) is 1. The summed E-state index contributed by atoms with van der Waals surface area (Å²) in [7, 11) is 0. The molecule has 0 saturated carbocycles. The van der Waals surface area contributed by atoms with Gasteiger partial charge in [0.2, 0.25) is 5.95 Å². The molecule has 9 nitrogen and oxygen atoms in total. The third-order valence-electron chi connectivity index (χ3n) is 5.14. The van der Waals surface area contributed by atoms with Crippen LogP contribution in [-0.2, 0) is 0 Å². The largest absolute Gasteiger partial charge is 0.433 e. The minimum Gasteiger partial charge on any atom is -0.433 e. The van der Waals surface area contributed by atoms with Crippen molar-refractivity contribution in [2.75, 3.05) is 28.6 Å². The summed E-state index contributed by atoms with van der Waals surface area (Å²) in [5.74, 6) is -0.422. The van der Waals surface area contributed by atoms with Crippen LogP contribution < -0.4 is 26.0 Å². The number of nitrogens with one attached hydrogen (secondary N) is 2. The van der Waals surface area contributed by atoms with Gasteiger partial charge in [-0.1, -0.05) is 11.6 Å². The Hall–Kier alpha value is -3.22. The van der Waals surface area contributed by atoms with Gasteiger partial charge in [-0.2, -0.15) is 13.8 Å². The number of piperidine rings is 1. The fourth-order valence-electron chi connectivity index (χ4n) is 3.49. The van der Waals surface area contributed by atoms with Crippen molar-refractivity contribution in [3.05, 3.63) is 45.7 Å². The number of primary amides is 1. The number of carbonyl (C=O) groups is 1. The molecular weight excluding hydrogens is 490 g/mol. The van der Waals surface area contributed by atoms with Crippen molar-refractivity contribution < 1.29 is 23.4 Å². The van der Waals surface area contributed by atoms with E-state index < -0.39 is 12.5 Å². The lowest BCUT2D eigenvalue weighted by molar-refractivity contribution is -0.0493. The highest BCUT2D eigenvalue weighted by Gasteiger charge is 2.20. The van der Waals surface area contributed by atoms with Gasteiger partial charge in [-0.3, -0.25) is 4.79 Å². The van der Waals surface area contributed by atoms with E-state index in [9.17, 15) is 18.7 Å². The van der Waals surface area contributed by atoms with E-state index in [4.69, 9.17) is 22.1 Å². The van der Waals surface area contributed by atoms with E-state index in [1.165, 1.54) is 23.6 Å². The van der Waals surface area contributed by atoms with Crippen molar-refractivity contribution >= 4 is 57.7 Å². The lowest BCUT2D eigenvalue weighted by atomic mass is 10.1. The molecule has 3 aromatic rings. The monoisotopic (exact) mass is 510 g/mol. The predicted molar refractivity (Wildman–Crippen MR) is 127 cm³/mol. The summed E-state index contributed by atoms with van der Waals surface area (Å²) >= 11 is 7.36. The molecule has 0 radical (unpaired) electrons. The van der Waals surface area contributed by atoms with E-state index in [0.717, 1.165) is 0 Å². The number of nitrogens with zero attached hydrogens (tertiary/aromatic N) is 3. The molecule has 2 aromatic heterocycles. The van der Waals surface area contributed by atoms with Crippen LogP contribution in [0.25, 0.3) is 0 Å². The zero-order chi connectivity index (χ0) is 24.2. The fourth-order valence-corrected chi connectivity index (χ4v) is 4.33. The Morgan fingerprint density at radius 2 is 2.03 bits per heavy atom. The third kappa shape index (κ3) is 5.64. The number of thiophene rings is 1. The quantitative estimate of drug-likeness (QED) is 0.352. The molecule has 180 valence electrons. The van der Waals surface area contributed by atoms with E-state index in [1.54, 1.807) is 23.6 Å². The van der Waals surface area contributed by atoms with Gasteiger partial charge in [-0.25, -0.2) is 4.98 Å². The summed E-state index contributed by atoms with van der Waals surface area (Å²) in [6.45, 7) is -1.83. The highest BCUT2D eigenvalue weighted by Crippen LogP contribution is 2.35. The maximum Gasteiger partial charge on any atom is 0.387 e. The molecule has 0 atom stereocenters. The number of aromatic nitrogens is 2. The summed E-state index contributed by atoms with van der Waals surface area (Å²) in [6, 6.07) is 6.51. The first-order valence-electron chi connectivity index (χ1n) is 10.3. The van der Waals surface area contributed by atoms with Gasteiger partial charge < -0.3 is 31.1 Å². The van der Waals surface area contributed by atoms with Crippen molar-refractivity contribution in [1.82, 2.24) is 9.97 Å². The molecule has 5 N–H and O–H groups in total. The molecule has 1 aromatic carbocycles. The average molecular weight is 511 g/mol.